The average molecular weight is 368 g/mol. The Morgan fingerprint density at radius 1 is 1.31 bits per heavy atom. The van der Waals surface area contributed by atoms with E-state index in [2.05, 4.69) is 28.7 Å². The average Bonchev–Trinajstić information content (AvgIpc) is 3.15. The Kier molecular flexibility index (Phi) is 4.55. The molecule has 1 aliphatic heterocycles. The van der Waals surface area contributed by atoms with E-state index in [9.17, 15) is 9.59 Å². The molecule has 1 aliphatic rings. The fraction of sp³-hybridized carbons (Fsp3) is 0.368. The van der Waals surface area contributed by atoms with Gasteiger partial charge in [0, 0.05) is 17.8 Å². The summed E-state index contributed by atoms with van der Waals surface area (Å²) >= 11 is 1.77. The number of thiophene rings is 1. The molecule has 0 aliphatic carbocycles. The molecule has 0 saturated carbocycles. The van der Waals surface area contributed by atoms with Crippen LogP contribution in [0.2, 0.25) is 0 Å². The summed E-state index contributed by atoms with van der Waals surface area (Å²) in [5.74, 6) is 0.0653. The van der Waals surface area contributed by atoms with E-state index in [1.165, 1.54) is 15.1 Å². The van der Waals surface area contributed by atoms with E-state index < -0.39 is 0 Å². The first kappa shape index (κ1) is 16.9. The van der Waals surface area contributed by atoms with Crippen LogP contribution in [0.15, 0.2) is 40.5 Å². The molecule has 0 saturated heterocycles. The van der Waals surface area contributed by atoms with Gasteiger partial charge in [-0.15, -0.1) is 16.4 Å². The number of aromatic nitrogens is 3. The Morgan fingerprint density at radius 3 is 3.00 bits per heavy atom. The lowest BCUT2D eigenvalue weighted by molar-refractivity contribution is -0.134. The van der Waals surface area contributed by atoms with E-state index >= 15 is 0 Å². The molecule has 26 heavy (non-hydrogen) atoms. The van der Waals surface area contributed by atoms with Crippen LogP contribution < -0.4 is 5.56 Å². The maximum atomic E-state index is 12.8. The van der Waals surface area contributed by atoms with Gasteiger partial charge in [0.2, 0.25) is 5.91 Å². The zero-order chi connectivity index (χ0) is 18.1. The van der Waals surface area contributed by atoms with Crippen molar-refractivity contribution in [3.63, 3.8) is 0 Å². The minimum absolute atomic E-state index is 0.0653. The number of rotatable bonds is 4. The van der Waals surface area contributed by atoms with Crippen LogP contribution in [-0.2, 0) is 17.8 Å². The summed E-state index contributed by atoms with van der Waals surface area (Å²) in [6.07, 6.45) is 2.05. The first-order chi connectivity index (χ1) is 12.7. The van der Waals surface area contributed by atoms with Gasteiger partial charge in [-0.3, -0.25) is 9.59 Å². The molecule has 4 rings (SSSR count). The number of aryl methyl sites for hydroxylation is 1. The van der Waals surface area contributed by atoms with Crippen molar-refractivity contribution in [2.24, 2.45) is 0 Å². The normalized spacial score (nSPS) is 16.7. The Bertz CT molecular complexity index is 1010. The van der Waals surface area contributed by atoms with Crippen LogP contribution in [0.3, 0.4) is 0 Å². The SMILES string of the molecule is CC[C@@H]1c2ccsc2CCN1C(=O)CCn1nnc2ccccc2c1=O. The molecule has 3 heterocycles. The molecule has 134 valence electrons. The molecular weight excluding hydrogens is 348 g/mol. The van der Waals surface area contributed by atoms with E-state index in [1.807, 2.05) is 11.0 Å². The monoisotopic (exact) mass is 368 g/mol. The third-order valence-electron chi connectivity index (χ3n) is 4.97. The van der Waals surface area contributed by atoms with Crippen molar-refractivity contribution in [3.05, 3.63) is 56.5 Å². The summed E-state index contributed by atoms with van der Waals surface area (Å²) in [5.41, 5.74) is 1.65. The number of nitrogens with zero attached hydrogens (tertiary/aromatic N) is 4. The quantitative estimate of drug-likeness (QED) is 0.710. The van der Waals surface area contributed by atoms with Gasteiger partial charge < -0.3 is 4.90 Å². The Balaban J connectivity index is 1.51. The Morgan fingerprint density at radius 2 is 2.15 bits per heavy atom. The Hall–Kier alpha value is -2.54. The first-order valence-corrected chi connectivity index (χ1v) is 9.75. The van der Waals surface area contributed by atoms with Crippen molar-refractivity contribution in [1.29, 1.82) is 0 Å². The van der Waals surface area contributed by atoms with E-state index in [1.54, 1.807) is 29.5 Å². The number of hydrogen-bond donors (Lipinski definition) is 0. The maximum Gasteiger partial charge on any atom is 0.277 e. The summed E-state index contributed by atoms with van der Waals surface area (Å²) in [6.45, 7) is 3.10. The highest BCUT2D eigenvalue weighted by atomic mass is 32.1. The van der Waals surface area contributed by atoms with Gasteiger partial charge in [0.05, 0.1) is 18.0 Å². The summed E-state index contributed by atoms with van der Waals surface area (Å²) in [6, 6.07) is 9.39. The van der Waals surface area contributed by atoms with E-state index in [4.69, 9.17) is 0 Å². The largest absolute Gasteiger partial charge is 0.335 e. The lowest BCUT2D eigenvalue weighted by atomic mass is 9.97. The molecule has 0 bridgehead atoms. The fourth-order valence-corrected chi connectivity index (χ4v) is 4.58. The lowest BCUT2D eigenvalue weighted by Crippen LogP contribution is -2.40. The lowest BCUT2D eigenvalue weighted by Gasteiger charge is -2.35. The van der Waals surface area contributed by atoms with Gasteiger partial charge in [-0.2, -0.15) is 0 Å². The molecule has 0 radical (unpaired) electrons. The third-order valence-corrected chi connectivity index (χ3v) is 5.97. The molecule has 2 aromatic heterocycles. The van der Waals surface area contributed by atoms with Crippen molar-refractivity contribution in [1.82, 2.24) is 19.9 Å². The third kappa shape index (κ3) is 2.92. The highest BCUT2D eigenvalue weighted by Gasteiger charge is 2.30. The van der Waals surface area contributed by atoms with Crippen molar-refractivity contribution in [3.8, 4) is 0 Å². The molecule has 1 aromatic carbocycles. The predicted octanol–water partition coefficient (Wildman–Crippen LogP) is 2.78. The number of hydrogen-bond acceptors (Lipinski definition) is 5. The summed E-state index contributed by atoms with van der Waals surface area (Å²) in [5, 5.41) is 10.7. The van der Waals surface area contributed by atoms with Crippen LogP contribution in [0, 0.1) is 0 Å². The zero-order valence-corrected chi connectivity index (χ0v) is 15.4. The highest BCUT2D eigenvalue weighted by Crippen LogP contribution is 2.35. The standard InChI is InChI=1S/C19H20N4O2S/c1-2-16-14-9-12-26-17(14)7-10-22(16)18(24)8-11-23-19(25)13-5-3-4-6-15(13)20-21-23/h3-6,9,12,16H,2,7-8,10-11H2,1H3/t16-/m1/s1. The smallest absolute Gasteiger partial charge is 0.277 e. The predicted molar refractivity (Wildman–Crippen MR) is 101 cm³/mol. The molecule has 6 nitrogen and oxygen atoms in total. The van der Waals surface area contributed by atoms with Crippen LogP contribution >= 0.6 is 11.3 Å². The van der Waals surface area contributed by atoms with Crippen molar-refractivity contribution >= 4 is 28.1 Å². The molecule has 1 amide bonds. The maximum absolute atomic E-state index is 12.8. The minimum Gasteiger partial charge on any atom is -0.335 e. The zero-order valence-electron chi connectivity index (χ0n) is 14.6. The van der Waals surface area contributed by atoms with Crippen LogP contribution in [0.25, 0.3) is 10.9 Å². The van der Waals surface area contributed by atoms with Gasteiger partial charge in [-0.1, -0.05) is 24.3 Å². The fourth-order valence-electron chi connectivity index (χ4n) is 3.65. The summed E-state index contributed by atoms with van der Waals surface area (Å²) in [7, 11) is 0. The molecule has 0 N–H and O–H groups in total. The van der Waals surface area contributed by atoms with Gasteiger partial charge >= 0.3 is 0 Å². The molecule has 1 atom stereocenters. The molecule has 7 heteroatoms. The van der Waals surface area contributed by atoms with Gasteiger partial charge in [0.25, 0.3) is 5.56 Å². The van der Waals surface area contributed by atoms with Gasteiger partial charge in [-0.25, -0.2) is 4.68 Å². The van der Waals surface area contributed by atoms with Crippen molar-refractivity contribution in [2.45, 2.75) is 38.8 Å². The van der Waals surface area contributed by atoms with Crippen LogP contribution in [0.5, 0.6) is 0 Å². The first-order valence-electron chi connectivity index (χ1n) is 8.87. The second-order valence-corrected chi connectivity index (χ2v) is 7.45. The second kappa shape index (κ2) is 6.99. The number of benzene rings is 1. The van der Waals surface area contributed by atoms with Gasteiger partial charge in [0.1, 0.15) is 5.52 Å². The van der Waals surface area contributed by atoms with E-state index in [-0.39, 0.29) is 30.5 Å². The topological polar surface area (TPSA) is 68.1 Å². The minimum atomic E-state index is -0.200. The summed E-state index contributed by atoms with van der Waals surface area (Å²) < 4.78 is 1.29. The second-order valence-electron chi connectivity index (χ2n) is 6.45. The molecule has 3 aromatic rings. The molecule has 0 unspecified atom stereocenters. The highest BCUT2D eigenvalue weighted by molar-refractivity contribution is 7.10. The number of fused-ring (bicyclic) bond motifs is 2. The van der Waals surface area contributed by atoms with Crippen LogP contribution in [0.1, 0.15) is 36.2 Å². The number of amides is 1. The van der Waals surface area contributed by atoms with Crippen molar-refractivity contribution in [2.75, 3.05) is 6.54 Å². The number of carbonyl (C=O) groups excluding carboxylic acids is 1. The molecule has 0 spiro atoms. The van der Waals surface area contributed by atoms with Gasteiger partial charge in [0.15, 0.2) is 0 Å². The van der Waals surface area contributed by atoms with Crippen LogP contribution in [-0.4, -0.2) is 32.3 Å². The number of carbonyl (C=O) groups is 1. The Labute approximate surface area is 155 Å². The summed E-state index contributed by atoms with van der Waals surface area (Å²) in [4.78, 5) is 28.7. The molecule has 0 fully saturated rings. The van der Waals surface area contributed by atoms with Crippen LogP contribution in [0.4, 0.5) is 0 Å². The van der Waals surface area contributed by atoms with Gasteiger partial charge in [-0.05, 0) is 42.0 Å². The molecular formula is C19H20N4O2S. The van der Waals surface area contributed by atoms with E-state index in [0.29, 0.717) is 10.9 Å². The van der Waals surface area contributed by atoms with E-state index in [0.717, 1.165) is 19.4 Å². The van der Waals surface area contributed by atoms with Crippen molar-refractivity contribution < 1.29 is 4.79 Å².